The Hall–Kier alpha value is -0.890. The molecule has 0 saturated heterocycles. The SMILES string of the molecule is CC(C)N/C(=C\S)c1ccccc1. The van der Waals surface area contributed by atoms with E-state index < -0.39 is 0 Å². The van der Waals surface area contributed by atoms with Crippen LogP contribution in [0, 0.1) is 0 Å². The molecule has 0 aliphatic carbocycles. The van der Waals surface area contributed by atoms with Gasteiger partial charge in [0.1, 0.15) is 0 Å². The normalized spacial score (nSPS) is 11.8. The second-order valence-electron chi connectivity index (χ2n) is 3.21. The lowest BCUT2D eigenvalue weighted by atomic mass is 10.1. The summed E-state index contributed by atoms with van der Waals surface area (Å²) in [5.41, 5.74) is 2.24. The molecule has 0 unspecified atom stereocenters. The van der Waals surface area contributed by atoms with Crippen molar-refractivity contribution < 1.29 is 0 Å². The van der Waals surface area contributed by atoms with Crippen molar-refractivity contribution >= 4 is 18.3 Å². The molecule has 0 spiro atoms. The van der Waals surface area contributed by atoms with Crippen LogP contribution in [0.4, 0.5) is 0 Å². The van der Waals surface area contributed by atoms with E-state index >= 15 is 0 Å². The summed E-state index contributed by atoms with van der Waals surface area (Å²) in [4.78, 5) is 0. The molecule has 1 rings (SSSR count). The summed E-state index contributed by atoms with van der Waals surface area (Å²) in [6.45, 7) is 4.22. The minimum atomic E-state index is 0.429. The molecular weight excluding hydrogens is 178 g/mol. The fourth-order valence-electron chi connectivity index (χ4n) is 1.12. The summed E-state index contributed by atoms with van der Waals surface area (Å²) in [5.74, 6) is 0. The highest BCUT2D eigenvalue weighted by molar-refractivity contribution is 7.83. The van der Waals surface area contributed by atoms with E-state index in [1.807, 2.05) is 18.2 Å². The lowest BCUT2D eigenvalue weighted by Gasteiger charge is -2.13. The molecule has 0 heterocycles. The molecule has 1 N–H and O–H groups in total. The molecule has 0 radical (unpaired) electrons. The fraction of sp³-hybridized carbons (Fsp3) is 0.273. The summed E-state index contributed by atoms with van der Waals surface area (Å²) in [6.07, 6.45) is 0. The Balaban J connectivity index is 2.80. The van der Waals surface area contributed by atoms with Crippen LogP contribution in [0.3, 0.4) is 0 Å². The van der Waals surface area contributed by atoms with Gasteiger partial charge in [-0.25, -0.2) is 0 Å². The van der Waals surface area contributed by atoms with Gasteiger partial charge in [-0.05, 0) is 24.8 Å². The number of hydrogen-bond donors (Lipinski definition) is 2. The minimum Gasteiger partial charge on any atom is -0.382 e. The van der Waals surface area contributed by atoms with Gasteiger partial charge in [-0.1, -0.05) is 30.3 Å². The van der Waals surface area contributed by atoms with Crippen LogP contribution in [0.1, 0.15) is 19.4 Å². The molecule has 1 aromatic rings. The van der Waals surface area contributed by atoms with E-state index in [0.29, 0.717) is 6.04 Å². The Morgan fingerprint density at radius 1 is 1.31 bits per heavy atom. The van der Waals surface area contributed by atoms with Gasteiger partial charge in [-0.3, -0.25) is 0 Å². The van der Waals surface area contributed by atoms with E-state index in [1.165, 1.54) is 5.56 Å². The van der Waals surface area contributed by atoms with Crippen molar-refractivity contribution in [2.75, 3.05) is 0 Å². The van der Waals surface area contributed by atoms with Crippen molar-refractivity contribution in [3.05, 3.63) is 41.3 Å². The molecule has 0 bridgehead atoms. The molecule has 0 aromatic heterocycles. The monoisotopic (exact) mass is 193 g/mol. The molecule has 70 valence electrons. The minimum absolute atomic E-state index is 0.429. The maximum atomic E-state index is 4.18. The van der Waals surface area contributed by atoms with Gasteiger partial charge in [0, 0.05) is 11.7 Å². The van der Waals surface area contributed by atoms with Gasteiger partial charge >= 0.3 is 0 Å². The first-order valence-corrected chi connectivity index (χ1v) is 4.92. The van der Waals surface area contributed by atoms with Crippen molar-refractivity contribution in [1.82, 2.24) is 5.32 Å². The van der Waals surface area contributed by atoms with E-state index in [0.717, 1.165) is 5.70 Å². The number of benzene rings is 1. The van der Waals surface area contributed by atoms with Crippen molar-refractivity contribution in [1.29, 1.82) is 0 Å². The molecule has 0 amide bonds. The van der Waals surface area contributed by atoms with Gasteiger partial charge in [0.2, 0.25) is 0 Å². The van der Waals surface area contributed by atoms with Gasteiger partial charge in [-0.15, -0.1) is 12.6 Å². The van der Waals surface area contributed by atoms with Crippen LogP contribution in [0.25, 0.3) is 5.70 Å². The maximum Gasteiger partial charge on any atom is 0.0477 e. The second-order valence-corrected chi connectivity index (χ2v) is 3.47. The van der Waals surface area contributed by atoms with Crippen molar-refractivity contribution in [3.63, 3.8) is 0 Å². The highest BCUT2D eigenvalue weighted by atomic mass is 32.1. The highest BCUT2D eigenvalue weighted by Gasteiger charge is 2.00. The van der Waals surface area contributed by atoms with Crippen LogP contribution in [-0.2, 0) is 0 Å². The zero-order chi connectivity index (χ0) is 9.68. The molecular formula is C11H15NS. The smallest absolute Gasteiger partial charge is 0.0477 e. The topological polar surface area (TPSA) is 12.0 Å². The molecule has 1 nitrogen and oxygen atoms in total. The summed E-state index contributed by atoms with van der Waals surface area (Å²) < 4.78 is 0. The van der Waals surface area contributed by atoms with Crippen LogP contribution in [0.5, 0.6) is 0 Å². The third-order valence-electron chi connectivity index (χ3n) is 1.66. The fourth-order valence-corrected chi connectivity index (χ4v) is 1.35. The lowest BCUT2D eigenvalue weighted by molar-refractivity contribution is 0.718. The third-order valence-corrected chi connectivity index (χ3v) is 1.92. The summed E-state index contributed by atoms with van der Waals surface area (Å²) in [7, 11) is 0. The lowest BCUT2D eigenvalue weighted by Crippen LogP contribution is -2.20. The van der Waals surface area contributed by atoms with E-state index in [4.69, 9.17) is 0 Å². The van der Waals surface area contributed by atoms with E-state index in [1.54, 1.807) is 5.41 Å². The number of thiol groups is 1. The van der Waals surface area contributed by atoms with Crippen molar-refractivity contribution in [2.45, 2.75) is 19.9 Å². The number of hydrogen-bond acceptors (Lipinski definition) is 2. The quantitative estimate of drug-likeness (QED) is 0.703. The standard InChI is InChI=1S/C11H15NS/c1-9(2)12-11(8-13)10-6-4-3-5-7-10/h3-9,12-13H,1-2H3/b11-8-. The molecule has 0 aliphatic rings. The average molecular weight is 193 g/mol. The first kappa shape index (κ1) is 10.2. The average Bonchev–Trinajstić information content (AvgIpc) is 2.15. The predicted octanol–water partition coefficient (Wildman–Crippen LogP) is 2.91. The van der Waals surface area contributed by atoms with Gasteiger partial charge < -0.3 is 5.32 Å². The van der Waals surface area contributed by atoms with Crippen LogP contribution < -0.4 is 5.32 Å². The number of rotatable bonds is 3. The zero-order valence-corrected chi connectivity index (χ0v) is 8.88. The summed E-state index contributed by atoms with van der Waals surface area (Å²) in [6, 6.07) is 10.6. The molecule has 1 aromatic carbocycles. The largest absolute Gasteiger partial charge is 0.382 e. The molecule has 0 aliphatic heterocycles. The first-order chi connectivity index (χ1) is 6.24. The van der Waals surface area contributed by atoms with Crippen LogP contribution in [0.15, 0.2) is 35.7 Å². The number of nitrogens with one attached hydrogen (secondary N) is 1. The maximum absolute atomic E-state index is 4.18. The van der Waals surface area contributed by atoms with Gasteiger partial charge in [0.05, 0.1) is 0 Å². The molecule has 13 heavy (non-hydrogen) atoms. The Labute approximate surface area is 85.3 Å². The Morgan fingerprint density at radius 2 is 1.92 bits per heavy atom. The van der Waals surface area contributed by atoms with Gasteiger partial charge in [0.15, 0.2) is 0 Å². The highest BCUT2D eigenvalue weighted by Crippen LogP contribution is 2.12. The first-order valence-electron chi connectivity index (χ1n) is 4.40. The molecule has 0 atom stereocenters. The van der Waals surface area contributed by atoms with Crippen LogP contribution in [0.2, 0.25) is 0 Å². The van der Waals surface area contributed by atoms with E-state index in [-0.39, 0.29) is 0 Å². The molecule has 0 saturated carbocycles. The summed E-state index contributed by atoms with van der Waals surface area (Å²) >= 11 is 4.18. The Morgan fingerprint density at radius 3 is 2.38 bits per heavy atom. The van der Waals surface area contributed by atoms with Crippen molar-refractivity contribution in [2.24, 2.45) is 0 Å². The van der Waals surface area contributed by atoms with Crippen LogP contribution >= 0.6 is 12.6 Å². The van der Waals surface area contributed by atoms with E-state index in [9.17, 15) is 0 Å². The van der Waals surface area contributed by atoms with Gasteiger partial charge in [-0.2, -0.15) is 0 Å². The molecule has 2 heteroatoms. The third kappa shape index (κ3) is 3.15. The van der Waals surface area contributed by atoms with Crippen LogP contribution in [-0.4, -0.2) is 6.04 Å². The van der Waals surface area contributed by atoms with Gasteiger partial charge in [0.25, 0.3) is 0 Å². The van der Waals surface area contributed by atoms with Crippen molar-refractivity contribution in [3.8, 4) is 0 Å². The van der Waals surface area contributed by atoms with E-state index in [2.05, 4.69) is 43.9 Å². The second kappa shape index (κ2) is 4.97. The Bertz CT molecular complexity index is 277. The predicted molar refractivity (Wildman–Crippen MR) is 61.7 cm³/mol. The summed E-state index contributed by atoms with van der Waals surface area (Å²) in [5, 5.41) is 5.13. The Kier molecular flexibility index (Phi) is 3.90. The zero-order valence-electron chi connectivity index (χ0n) is 7.99. The molecule has 0 fully saturated rings.